The van der Waals surface area contributed by atoms with Crippen LogP contribution >= 0.6 is 11.8 Å². The van der Waals surface area contributed by atoms with Crippen molar-refractivity contribution in [2.75, 3.05) is 19.9 Å². The molecule has 0 aromatic heterocycles. The summed E-state index contributed by atoms with van der Waals surface area (Å²) in [6.45, 7) is 0. The highest BCUT2D eigenvalue weighted by Crippen LogP contribution is 2.21. The van der Waals surface area contributed by atoms with Crippen molar-refractivity contribution >= 4 is 17.7 Å². The maximum Gasteiger partial charge on any atom is 0.323 e. The van der Waals surface area contributed by atoms with E-state index in [1.165, 1.54) is 24.9 Å². The van der Waals surface area contributed by atoms with Crippen molar-refractivity contribution in [1.29, 1.82) is 0 Å². The normalized spacial score (nSPS) is 12.2. The largest absolute Gasteiger partial charge is 0.468 e. The van der Waals surface area contributed by atoms with E-state index in [1.54, 1.807) is 25.2 Å². The van der Waals surface area contributed by atoms with Gasteiger partial charge in [-0.05, 0) is 19.2 Å². The molecule has 1 rings (SSSR count). The molecular formula is C11H14FNO2S. The van der Waals surface area contributed by atoms with Crippen molar-refractivity contribution in [3.63, 3.8) is 0 Å². The van der Waals surface area contributed by atoms with Gasteiger partial charge in [-0.1, -0.05) is 12.1 Å². The highest BCUT2D eigenvalue weighted by Gasteiger charge is 2.17. The first-order chi connectivity index (χ1) is 7.69. The van der Waals surface area contributed by atoms with Gasteiger partial charge >= 0.3 is 5.97 Å². The molecule has 0 saturated heterocycles. The summed E-state index contributed by atoms with van der Waals surface area (Å²) in [7, 11) is 3.00. The Morgan fingerprint density at radius 3 is 2.81 bits per heavy atom. The van der Waals surface area contributed by atoms with E-state index in [-0.39, 0.29) is 11.8 Å². The molecule has 88 valence electrons. The summed E-state index contributed by atoms with van der Waals surface area (Å²) in [5, 5.41) is 2.82. The summed E-state index contributed by atoms with van der Waals surface area (Å²) >= 11 is 1.29. The molecule has 0 spiro atoms. The van der Waals surface area contributed by atoms with Crippen molar-refractivity contribution in [3.05, 3.63) is 30.1 Å². The van der Waals surface area contributed by atoms with Gasteiger partial charge in [0.05, 0.1) is 7.11 Å². The van der Waals surface area contributed by atoms with Crippen molar-refractivity contribution in [3.8, 4) is 0 Å². The van der Waals surface area contributed by atoms with Crippen LogP contribution in [-0.2, 0) is 9.53 Å². The summed E-state index contributed by atoms with van der Waals surface area (Å²) in [6, 6.07) is 6.06. The monoisotopic (exact) mass is 243 g/mol. The Hall–Kier alpha value is -1.07. The fourth-order valence-electron chi connectivity index (χ4n) is 1.15. The molecule has 0 aliphatic heterocycles. The summed E-state index contributed by atoms with van der Waals surface area (Å²) in [4.78, 5) is 11.8. The number of halogens is 1. The van der Waals surface area contributed by atoms with Gasteiger partial charge in [-0.15, -0.1) is 11.8 Å². The Morgan fingerprint density at radius 1 is 1.56 bits per heavy atom. The fraction of sp³-hybridized carbons (Fsp3) is 0.364. The molecule has 0 bridgehead atoms. The van der Waals surface area contributed by atoms with E-state index in [4.69, 9.17) is 0 Å². The van der Waals surface area contributed by atoms with E-state index in [9.17, 15) is 9.18 Å². The molecule has 0 aliphatic rings. The number of carbonyl (C=O) groups excluding carboxylic acids is 1. The summed E-state index contributed by atoms with van der Waals surface area (Å²) in [6.07, 6.45) is 0. The third-order valence-electron chi connectivity index (χ3n) is 2.08. The van der Waals surface area contributed by atoms with Gasteiger partial charge in [0.15, 0.2) is 0 Å². The van der Waals surface area contributed by atoms with E-state index in [1.807, 2.05) is 0 Å². The molecule has 5 heteroatoms. The minimum atomic E-state index is -0.422. The molecule has 1 unspecified atom stereocenters. The van der Waals surface area contributed by atoms with E-state index in [2.05, 4.69) is 10.1 Å². The average Bonchev–Trinajstić information content (AvgIpc) is 2.31. The lowest BCUT2D eigenvalue weighted by molar-refractivity contribution is -0.142. The maximum absolute atomic E-state index is 13.3. The fourth-order valence-corrected chi connectivity index (χ4v) is 2.18. The number of rotatable bonds is 5. The zero-order valence-corrected chi connectivity index (χ0v) is 10.0. The Kier molecular flexibility index (Phi) is 5.28. The first kappa shape index (κ1) is 13.0. The first-order valence-electron chi connectivity index (χ1n) is 4.81. The highest BCUT2D eigenvalue weighted by atomic mass is 32.2. The number of esters is 1. The smallest absolute Gasteiger partial charge is 0.323 e. The van der Waals surface area contributed by atoms with Crippen LogP contribution in [0.4, 0.5) is 4.39 Å². The Balaban J connectivity index is 2.56. The third kappa shape index (κ3) is 3.50. The Morgan fingerprint density at radius 2 is 2.25 bits per heavy atom. The zero-order chi connectivity index (χ0) is 12.0. The maximum atomic E-state index is 13.3. The number of carbonyl (C=O) groups is 1. The summed E-state index contributed by atoms with van der Waals surface area (Å²) in [5.41, 5.74) is 0. The Labute approximate surface area is 98.4 Å². The number of methoxy groups -OCH3 is 1. The lowest BCUT2D eigenvalue weighted by Gasteiger charge is -2.13. The van der Waals surface area contributed by atoms with Crippen LogP contribution in [0.15, 0.2) is 29.2 Å². The van der Waals surface area contributed by atoms with Crippen molar-refractivity contribution in [2.24, 2.45) is 0 Å². The van der Waals surface area contributed by atoms with E-state index in [0.29, 0.717) is 10.6 Å². The molecular weight excluding hydrogens is 229 g/mol. The standard InChI is InChI=1S/C11H14FNO2S/c1-13-9(11(14)15-2)7-16-10-6-4-3-5-8(10)12/h3-6,9,13H,7H2,1-2H3. The van der Waals surface area contributed by atoms with Crippen LogP contribution in [0.3, 0.4) is 0 Å². The SMILES string of the molecule is CNC(CSc1ccccc1F)C(=O)OC. The van der Waals surface area contributed by atoms with Gasteiger partial charge in [0, 0.05) is 10.6 Å². The molecule has 0 heterocycles. The predicted molar refractivity (Wildman–Crippen MR) is 62.0 cm³/mol. The number of hydrogen-bond donors (Lipinski definition) is 1. The molecule has 0 saturated carbocycles. The lowest BCUT2D eigenvalue weighted by Crippen LogP contribution is -2.37. The minimum absolute atomic E-state index is 0.271. The number of thioether (sulfide) groups is 1. The topological polar surface area (TPSA) is 38.3 Å². The van der Waals surface area contributed by atoms with Crippen LogP contribution in [0.1, 0.15) is 0 Å². The van der Waals surface area contributed by atoms with Gasteiger partial charge in [-0.3, -0.25) is 4.79 Å². The number of nitrogens with one attached hydrogen (secondary N) is 1. The Bertz CT molecular complexity index is 360. The zero-order valence-electron chi connectivity index (χ0n) is 9.20. The molecule has 1 atom stereocenters. The van der Waals surface area contributed by atoms with Crippen LogP contribution in [-0.4, -0.2) is 31.9 Å². The van der Waals surface area contributed by atoms with Crippen LogP contribution in [0.2, 0.25) is 0 Å². The molecule has 1 aromatic carbocycles. The molecule has 3 nitrogen and oxygen atoms in total. The van der Waals surface area contributed by atoms with Gasteiger partial charge in [-0.2, -0.15) is 0 Å². The van der Waals surface area contributed by atoms with Gasteiger partial charge in [0.25, 0.3) is 0 Å². The molecule has 0 fully saturated rings. The second-order valence-corrected chi connectivity index (χ2v) is 4.17. The number of likely N-dealkylation sites (N-methyl/N-ethyl adjacent to an activating group) is 1. The molecule has 0 amide bonds. The van der Waals surface area contributed by atoms with Gasteiger partial charge in [0.2, 0.25) is 0 Å². The minimum Gasteiger partial charge on any atom is -0.468 e. The van der Waals surface area contributed by atoms with Crippen molar-refractivity contribution < 1.29 is 13.9 Å². The third-order valence-corrected chi connectivity index (χ3v) is 3.22. The summed E-state index contributed by atoms with van der Waals surface area (Å²) < 4.78 is 17.9. The molecule has 1 aromatic rings. The first-order valence-corrected chi connectivity index (χ1v) is 5.80. The highest BCUT2D eigenvalue weighted by molar-refractivity contribution is 7.99. The van der Waals surface area contributed by atoms with Crippen LogP contribution in [0.25, 0.3) is 0 Å². The molecule has 0 aliphatic carbocycles. The number of hydrogen-bond acceptors (Lipinski definition) is 4. The van der Waals surface area contributed by atoms with Gasteiger partial charge in [0.1, 0.15) is 11.9 Å². The van der Waals surface area contributed by atoms with E-state index >= 15 is 0 Å². The van der Waals surface area contributed by atoms with E-state index < -0.39 is 6.04 Å². The molecule has 0 radical (unpaired) electrons. The second-order valence-electron chi connectivity index (χ2n) is 3.11. The predicted octanol–water partition coefficient (Wildman–Crippen LogP) is 1.68. The second kappa shape index (κ2) is 6.50. The van der Waals surface area contributed by atoms with Gasteiger partial charge < -0.3 is 10.1 Å². The van der Waals surface area contributed by atoms with Crippen molar-refractivity contribution in [1.82, 2.24) is 5.32 Å². The summed E-state index contributed by atoms with van der Waals surface area (Å²) in [5.74, 6) is -0.178. The number of benzene rings is 1. The van der Waals surface area contributed by atoms with Crippen LogP contribution < -0.4 is 5.32 Å². The van der Waals surface area contributed by atoms with Crippen molar-refractivity contribution in [2.45, 2.75) is 10.9 Å². The quantitative estimate of drug-likeness (QED) is 0.631. The molecule has 16 heavy (non-hydrogen) atoms. The lowest BCUT2D eigenvalue weighted by atomic mass is 10.3. The van der Waals surface area contributed by atoms with Crippen LogP contribution in [0.5, 0.6) is 0 Å². The van der Waals surface area contributed by atoms with Gasteiger partial charge in [-0.25, -0.2) is 4.39 Å². The van der Waals surface area contributed by atoms with E-state index in [0.717, 1.165) is 0 Å². The number of ether oxygens (including phenoxy) is 1. The average molecular weight is 243 g/mol. The van der Waals surface area contributed by atoms with Crippen LogP contribution in [0, 0.1) is 5.82 Å². The molecule has 1 N–H and O–H groups in total.